The first-order valence-electron chi connectivity index (χ1n) is 6.08. The Bertz CT molecular complexity index is 244. The standard InChI is InChI=1S/C12H23NO3S/c1-4-5-8-17-9-11(14)13(10(2)3)7-6-12(15)16/h10H,4-9H2,1-3H3,(H,15,16). The van der Waals surface area contributed by atoms with E-state index >= 15 is 0 Å². The summed E-state index contributed by atoms with van der Waals surface area (Å²) < 4.78 is 0. The van der Waals surface area contributed by atoms with Crippen LogP contribution in [-0.4, -0.2) is 46.0 Å². The van der Waals surface area contributed by atoms with Crippen LogP contribution in [0.2, 0.25) is 0 Å². The Balaban J connectivity index is 4.02. The number of carbonyl (C=O) groups is 2. The second kappa shape index (κ2) is 9.33. The van der Waals surface area contributed by atoms with Gasteiger partial charge in [0.05, 0.1) is 12.2 Å². The Morgan fingerprint density at radius 3 is 2.47 bits per heavy atom. The molecule has 0 fully saturated rings. The topological polar surface area (TPSA) is 57.6 Å². The molecule has 0 aliphatic heterocycles. The van der Waals surface area contributed by atoms with E-state index in [1.54, 1.807) is 16.7 Å². The molecule has 0 radical (unpaired) electrons. The first-order chi connectivity index (χ1) is 7.99. The van der Waals surface area contributed by atoms with Crippen molar-refractivity contribution in [1.29, 1.82) is 0 Å². The van der Waals surface area contributed by atoms with Gasteiger partial charge in [-0.25, -0.2) is 0 Å². The maximum atomic E-state index is 11.9. The zero-order valence-electron chi connectivity index (χ0n) is 10.9. The SMILES string of the molecule is CCCCSCC(=O)N(CCC(=O)O)C(C)C. The molecule has 5 heteroatoms. The van der Waals surface area contributed by atoms with Gasteiger partial charge in [0, 0.05) is 12.6 Å². The molecule has 1 amide bonds. The average Bonchev–Trinajstić information content (AvgIpc) is 2.23. The molecule has 1 N–H and O–H groups in total. The van der Waals surface area contributed by atoms with Gasteiger partial charge in [-0.1, -0.05) is 13.3 Å². The van der Waals surface area contributed by atoms with Gasteiger partial charge in [-0.3, -0.25) is 9.59 Å². The molecule has 0 rings (SSSR count). The van der Waals surface area contributed by atoms with Crippen LogP contribution in [0.1, 0.15) is 40.0 Å². The first kappa shape index (κ1) is 16.3. The molecular formula is C12H23NO3S. The predicted octanol–water partition coefficient (Wildman–Crippen LogP) is 2.23. The molecule has 0 aliphatic carbocycles. The number of carbonyl (C=O) groups excluding carboxylic acids is 1. The van der Waals surface area contributed by atoms with Gasteiger partial charge >= 0.3 is 5.97 Å². The van der Waals surface area contributed by atoms with Gasteiger partial charge in [-0.2, -0.15) is 11.8 Å². The number of unbranched alkanes of at least 4 members (excludes halogenated alkanes) is 1. The third-order valence-electron chi connectivity index (χ3n) is 2.38. The molecule has 0 aromatic rings. The molecule has 0 atom stereocenters. The van der Waals surface area contributed by atoms with E-state index in [0.717, 1.165) is 18.6 Å². The lowest BCUT2D eigenvalue weighted by molar-refractivity contribution is -0.138. The number of hydrogen-bond acceptors (Lipinski definition) is 3. The minimum atomic E-state index is -0.859. The fourth-order valence-electron chi connectivity index (χ4n) is 1.38. The van der Waals surface area contributed by atoms with Crippen LogP contribution in [0.15, 0.2) is 0 Å². The third-order valence-corrected chi connectivity index (χ3v) is 3.41. The summed E-state index contributed by atoms with van der Waals surface area (Å²) >= 11 is 1.63. The van der Waals surface area contributed by atoms with E-state index < -0.39 is 5.97 Å². The van der Waals surface area contributed by atoms with Crippen LogP contribution in [0, 0.1) is 0 Å². The van der Waals surface area contributed by atoms with Crippen molar-refractivity contribution in [1.82, 2.24) is 4.90 Å². The maximum Gasteiger partial charge on any atom is 0.305 e. The molecule has 0 aromatic carbocycles. The fourth-order valence-corrected chi connectivity index (χ4v) is 2.35. The van der Waals surface area contributed by atoms with Crippen LogP contribution in [0.25, 0.3) is 0 Å². The lowest BCUT2D eigenvalue weighted by Gasteiger charge is -2.26. The quantitative estimate of drug-likeness (QED) is 0.647. The van der Waals surface area contributed by atoms with Crippen molar-refractivity contribution in [3.8, 4) is 0 Å². The Hall–Kier alpha value is -0.710. The van der Waals surface area contributed by atoms with Crippen molar-refractivity contribution in [2.75, 3.05) is 18.1 Å². The van der Waals surface area contributed by atoms with Gasteiger partial charge in [-0.05, 0) is 26.0 Å². The van der Waals surface area contributed by atoms with Gasteiger partial charge in [0.15, 0.2) is 0 Å². The van der Waals surface area contributed by atoms with E-state index in [1.165, 1.54) is 0 Å². The molecule has 0 heterocycles. The van der Waals surface area contributed by atoms with E-state index in [1.807, 2.05) is 13.8 Å². The van der Waals surface area contributed by atoms with Crippen LogP contribution < -0.4 is 0 Å². The Kier molecular flexibility index (Phi) is 8.94. The number of rotatable bonds is 9. The zero-order valence-corrected chi connectivity index (χ0v) is 11.8. The van der Waals surface area contributed by atoms with E-state index in [0.29, 0.717) is 12.3 Å². The van der Waals surface area contributed by atoms with Crippen LogP contribution in [-0.2, 0) is 9.59 Å². The maximum absolute atomic E-state index is 11.9. The van der Waals surface area contributed by atoms with E-state index in [-0.39, 0.29) is 18.4 Å². The minimum Gasteiger partial charge on any atom is -0.481 e. The molecule has 0 saturated heterocycles. The highest BCUT2D eigenvalue weighted by atomic mass is 32.2. The van der Waals surface area contributed by atoms with Crippen molar-refractivity contribution >= 4 is 23.6 Å². The van der Waals surface area contributed by atoms with Crippen LogP contribution in [0.4, 0.5) is 0 Å². The van der Waals surface area contributed by atoms with Gasteiger partial charge in [0.25, 0.3) is 0 Å². The van der Waals surface area contributed by atoms with Gasteiger partial charge in [0.1, 0.15) is 0 Å². The second-order valence-corrected chi connectivity index (χ2v) is 5.34. The summed E-state index contributed by atoms with van der Waals surface area (Å²) in [5.41, 5.74) is 0. The number of aliphatic carboxylic acids is 1. The minimum absolute atomic E-state index is 0.0174. The molecule has 0 aliphatic rings. The number of hydrogen-bond donors (Lipinski definition) is 1. The van der Waals surface area contributed by atoms with Crippen LogP contribution >= 0.6 is 11.8 Å². The molecular weight excluding hydrogens is 238 g/mol. The molecule has 17 heavy (non-hydrogen) atoms. The second-order valence-electron chi connectivity index (χ2n) is 4.23. The Morgan fingerprint density at radius 2 is 2.00 bits per heavy atom. The van der Waals surface area contributed by atoms with Crippen molar-refractivity contribution in [2.45, 2.75) is 46.1 Å². The van der Waals surface area contributed by atoms with E-state index in [9.17, 15) is 9.59 Å². The van der Waals surface area contributed by atoms with Crippen molar-refractivity contribution in [3.05, 3.63) is 0 Å². The molecule has 100 valence electrons. The largest absolute Gasteiger partial charge is 0.481 e. The number of carboxylic acids is 1. The molecule has 0 saturated carbocycles. The smallest absolute Gasteiger partial charge is 0.305 e. The summed E-state index contributed by atoms with van der Waals surface area (Å²) in [7, 11) is 0. The monoisotopic (exact) mass is 261 g/mol. The molecule has 4 nitrogen and oxygen atoms in total. The summed E-state index contributed by atoms with van der Waals surface area (Å²) in [5.74, 6) is 0.634. The lowest BCUT2D eigenvalue weighted by Crippen LogP contribution is -2.39. The van der Waals surface area contributed by atoms with Crippen molar-refractivity contribution in [2.24, 2.45) is 0 Å². The summed E-state index contributed by atoms with van der Waals surface area (Å²) in [5, 5.41) is 8.63. The molecule has 0 bridgehead atoms. The number of amides is 1. The molecule has 0 aromatic heterocycles. The Morgan fingerprint density at radius 1 is 1.35 bits per heavy atom. The van der Waals surface area contributed by atoms with Crippen LogP contribution in [0.3, 0.4) is 0 Å². The molecule has 0 spiro atoms. The highest BCUT2D eigenvalue weighted by Gasteiger charge is 2.17. The van der Waals surface area contributed by atoms with Gasteiger partial charge in [0.2, 0.25) is 5.91 Å². The number of carboxylic acid groups (broad SMARTS) is 1. The third kappa shape index (κ3) is 8.07. The van der Waals surface area contributed by atoms with Crippen molar-refractivity contribution in [3.63, 3.8) is 0 Å². The highest BCUT2D eigenvalue weighted by Crippen LogP contribution is 2.09. The van der Waals surface area contributed by atoms with Crippen molar-refractivity contribution < 1.29 is 14.7 Å². The van der Waals surface area contributed by atoms with Gasteiger partial charge < -0.3 is 10.0 Å². The number of thioether (sulfide) groups is 1. The summed E-state index contributed by atoms with van der Waals surface area (Å²) in [6.07, 6.45) is 2.27. The predicted molar refractivity (Wildman–Crippen MR) is 71.3 cm³/mol. The number of nitrogens with zero attached hydrogens (tertiary/aromatic N) is 1. The highest BCUT2D eigenvalue weighted by molar-refractivity contribution is 7.99. The summed E-state index contributed by atoms with van der Waals surface area (Å²) in [6, 6.07) is 0.0635. The van der Waals surface area contributed by atoms with Gasteiger partial charge in [-0.15, -0.1) is 0 Å². The normalized spacial score (nSPS) is 10.6. The molecule has 0 unspecified atom stereocenters. The average molecular weight is 261 g/mol. The summed E-state index contributed by atoms with van der Waals surface area (Å²) in [6.45, 7) is 6.25. The van der Waals surface area contributed by atoms with E-state index in [2.05, 4.69) is 6.92 Å². The van der Waals surface area contributed by atoms with Crippen LogP contribution in [0.5, 0.6) is 0 Å². The summed E-state index contributed by atoms with van der Waals surface area (Å²) in [4.78, 5) is 24.0. The zero-order chi connectivity index (χ0) is 13.3. The Labute approximate surface area is 108 Å². The van der Waals surface area contributed by atoms with E-state index in [4.69, 9.17) is 5.11 Å². The first-order valence-corrected chi connectivity index (χ1v) is 7.23. The fraction of sp³-hybridized carbons (Fsp3) is 0.833. The lowest BCUT2D eigenvalue weighted by atomic mass is 10.3.